The zero-order valence-corrected chi connectivity index (χ0v) is 9.31. The van der Waals surface area contributed by atoms with E-state index in [0.717, 1.165) is 6.07 Å². The van der Waals surface area contributed by atoms with Crippen molar-refractivity contribution in [1.29, 1.82) is 0 Å². The summed E-state index contributed by atoms with van der Waals surface area (Å²) >= 11 is -0.814. The van der Waals surface area contributed by atoms with E-state index < -0.39 is 45.3 Å². The standard InChI is InChI=1S/C10H5F7S/c1-5(9(12,13)14)6-2-3-7(11)8(4-6)18-10(15,16)17/h2-4H,1H2. The Bertz CT molecular complexity index is 458. The van der Waals surface area contributed by atoms with Crippen LogP contribution in [-0.4, -0.2) is 11.7 Å². The van der Waals surface area contributed by atoms with Gasteiger partial charge in [0.2, 0.25) is 0 Å². The first kappa shape index (κ1) is 14.9. The van der Waals surface area contributed by atoms with Crippen LogP contribution in [0.4, 0.5) is 30.7 Å². The van der Waals surface area contributed by atoms with Gasteiger partial charge in [0.1, 0.15) is 5.82 Å². The first-order valence-corrected chi connectivity index (χ1v) is 5.14. The number of alkyl halides is 6. The minimum Gasteiger partial charge on any atom is -0.206 e. The molecule has 0 fully saturated rings. The van der Waals surface area contributed by atoms with Gasteiger partial charge < -0.3 is 0 Å². The molecule has 1 aromatic carbocycles. The molecule has 1 rings (SSSR count). The minimum absolute atomic E-state index is 0.476. The van der Waals surface area contributed by atoms with Gasteiger partial charge in [-0.2, -0.15) is 26.3 Å². The molecule has 0 bridgehead atoms. The highest BCUT2D eigenvalue weighted by Gasteiger charge is 2.35. The molecule has 0 atom stereocenters. The lowest BCUT2D eigenvalue weighted by atomic mass is 10.1. The SMILES string of the molecule is C=C(c1ccc(F)c(SC(F)(F)F)c1)C(F)(F)F. The van der Waals surface area contributed by atoms with Crippen molar-refractivity contribution in [1.82, 2.24) is 0 Å². The quantitative estimate of drug-likeness (QED) is 0.545. The van der Waals surface area contributed by atoms with Crippen LogP contribution in [0.1, 0.15) is 5.56 Å². The molecule has 8 heteroatoms. The van der Waals surface area contributed by atoms with Gasteiger partial charge in [-0.25, -0.2) is 4.39 Å². The molecule has 0 saturated carbocycles. The van der Waals surface area contributed by atoms with Crippen LogP contribution in [0.2, 0.25) is 0 Å². The summed E-state index contributed by atoms with van der Waals surface area (Å²) in [6.07, 6.45) is -4.78. The molecule has 0 aliphatic carbocycles. The second-order valence-electron chi connectivity index (χ2n) is 3.17. The topological polar surface area (TPSA) is 0 Å². The maximum atomic E-state index is 13.0. The Labute approximate surface area is 101 Å². The highest BCUT2D eigenvalue weighted by molar-refractivity contribution is 8.00. The fraction of sp³-hybridized carbons (Fsp3) is 0.200. The van der Waals surface area contributed by atoms with E-state index in [1.54, 1.807) is 0 Å². The van der Waals surface area contributed by atoms with Crippen LogP contribution in [0, 0.1) is 5.82 Å². The lowest BCUT2D eigenvalue weighted by molar-refractivity contribution is -0.0686. The van der Waals surface area contributed by atoms with Gasteiger partial charge in [-0.15, -0.1) is 0 Å². The van der Waals surface area contributed by atoms with E-state index in [2.05, 4.69) is 6.58 Å². The third-order valence-corrected chi connectivity index (χ3v) is 2.61. The smallest absolute Gasteiger partial charge is 0.206 e. The largest absolute Gasteiger partial charge is 0.446 e. The van der Waals surface area contributed by atoms with Crippen LogP contribution in [0.15, 0.2) is 29.7 Å². The lowest BCUT2D eigenvalue weighted by Crippen LogP contribution is -2.10. The summed E-state index contributed by atoms with van der Waals surface area (Å²) in [6, 6.07) is 1.75. The van der Waals surface area contributed by atoms with Crippen molar-refractivity contribution < 1.29 is 30.7 Å². The van der Waals surface area contributed by atoms with Crippen LogP contribution in [0.5, 0.6) is 0 Å². The fourth-order valence-electron chi connectivity index (χ4n) is 1.06. The number of allylic oxidation sites excluding steroid dienone is 1. The van der Waals surface area contributed by atoms with Crippen LogP contribution in [-0.2, 0) is 0 Å². The molecule has 0 nitrogen and oxygen atoms in total. The lowest BCUT2D eigenvalue weighted by Gasteiger charge is -2.12. The van der Waals surface area contributed by atoms with Crippen LogP contribution < -0.4 is 0 Å². The molecule has 0 spiro atoms. The van der Waals surface area contributed by atoms with Crippen molar-refractivity contribution in [2.24, 2.45) is 0 Å². The Morgan fingerprint density at radius 3 is 2.06 bits per heavy atom. The van der Waals surface area contributed by atoms with E-state index in [1.807, 2.05) is 0 Å². The molecule has 0 aromatic heterocycles. The molecular formula is C10H5F7S. The Morgan fingerprint density at radius 1 is 1.06 bits per heavy atom. The van der Waals surface area contributed by atoms with Gasteiger partial charge >= 0.3 is 11.7 Å². The molecule has 0 aliphatic heterocycles. The van der Waals surface area contributed by atoms with Crippen molar-refractivity contribution in [2.75, 3.05) is 0 Å². The molecule has 0 radical (unpaired) electrons. The predicted molar refractivity (Wildman–Crippen MR) is 53.4 cm³/mol. The van der Waals surface area contributed by atoms with Crippen molar-refractivity contribution in [2.45, 2.75) is 16.6 Å². The third-order valence-electron chi connectivity index (χ3n) is 1.85. The summed E-state index contributed by atoms with van der Waals surface area (Å²) in [5.74, 6) is -1.24. The normalized spacial score (nSPS) is 12.6. The molecule has 100 valence electrons. The zero-order chi connectivity index (χ0) is 14.1. The Morgan fingerprint density at radius 2 is 1.61 bits per heavy atom. The average molecular weight is 290 g/mol. The van der Waals surface area contributed by atoms with Gasteiger partial charge in [0.15, 0.2) is 0 Å². The summed E-state index contributed by atoms with van der Waals surface area (Å²) in [5, 5.41) is 0. The van der Waals surface area contributed by atoms with E-state index in [0.29, 0.717) is 12.1 Å². The molecule has 0 saturated heterocycles. The molecule has 18 heavy (non-hydrogen) atoms. The molecule has 0 N–H and O–H groups in total. The second kappa shape index (κ2) is 4.83. The Hall–Kier alpha value is -1.18. The van der Waals surface area contributed by atoms with E-state index >= 15 is 0 Å². The Kier molecular flexibility index (Phi) is 3.99. The predicted octanol–water partition coefficient (Wildman–Crippen LogP) is 5.01. The van der Waals surface area contributed by atoms with Gasteiger partial charge in [0, 0.05) is 0 Å². The first-order valence-electron chi connectivity index (χ1n) is 4.32. The van der Waals surface area contributed by atoms with Gasteiger partial charge in [0.25, 0.3) is 0 Å². The number of thioether (sulfide) groups is 1. The molecule has 0 unspecified atom stereocenters. The highest BCUT2D eigenvalue weighted by atomic mass is 32.2. The average Bonchev–Trinajstić information content (AvgIpc) is 2.17. The summed E-state index contributed by atoms with van der Waals surface area (Å²) in [7, 11) is 0. The summed E-state index contributed by atoms with van der Waals surface area (Å²) in [5.41, 5.74) is -6.71. The van der Waals surface area contributed by atoms with Crippen molar-refractivity contribution in [3.8, 4) is 0 Å². The van der Waals surface area contributed by atoms with E-state index in [9.17, 15) is 30.7 Å². The Balaban J connectivity index is 3.13. The zero-order valence-electron chi connectivity index (χ0n) is 8.49. The van der Waals surface area contributed by atoms with E-state index in [-0.39, 0.29) is 0 Å². The maximum absolute atomic E-state index is 13.0. The monoisotopic (exact) mass is 290 g/mol. The number of rotatable bonds is 2. The van der Waals surface area contributed by atoms with Gasteiger partial charge in [-0.1, -0.05) is 12.6 Å². The fourth-order valence-corrected chi connectivity index (χ4v) is 1.66. The molecule has 1 aromatic rings. The van der Waals surface area contributed by atoms with Crippen LogP contribution in [0.25, 0.3) is 5.57 Å². The maximum Gasteiger partial charge on any atom is 0.446 e. The van der Waals surface area contributed by atoms with Crippen molar-refractivity contribution in [3.63, 3.8) is 0 Å². The third kappa shape index (κ3) is 3.94. The number of hydrogen-bond donors (Lipinski definition) is 0. The van der Waals surface area contributed by atoms with Gasteiger partial charge in [0.05, 0.1) is 10.5 Å². The van der Waals surface area contributed by atoms with E-state index in [4.69, 9.17) is 0 Å². The van der Waals surface area contributed by atoms with E-state index in [1.165, 1.54) is 0 Å². The van der Waals surface area contributed by atoms with Gasteiger partial charge in [-0.3, -0.25) is 0 Å². The molecule has 0 aliphatic rings. The minimum atomic E-state index is -4.78. The first-order chi connectivity index (χ1) is 8.00. The van der Waals surface area contributed by atoms with Crippen LogP contribution >= 0.6 is 11.8 Å². The highest BCUT2D eigenvalue weighted by Crippen LogP contribution is 2.40. The summed E-state index contributed by atoms with van der Waals surface area (Å²) in [6.45, 7) is 2.73. The second-order valence-corrected chi connectivity index (χ2v) is 4.28. The number of hydrogen-bond acceptors (Lipinski definition) is 1. The summed E-state index contributed by atoms with van der Waals surface area (Å²) < 4.78 is 86.0. The number of halogens is 7. The summed E-state index contributed by atoms with van der Waals surface area (Å²) in [4.78, 5) is -0.926. The molecular weight excluding hydrogens is 285 g/mol. The number of benzene rings is 1. The van der Waals surface area contributed by atoms with Crippen molar-refractivity contribution in [3.05, 3.63) is 36.2 Å². The van der Waals surface area contributed by atoms with Crippen LogP contribution in [0.3, 0.4) is 0 Å². The molecule has 0 amide bonds. The van der Waals surface area contributed by atoms with Gasteiger partial charge in [-0.05, 0) is 29.5 Å². The molecule has 0 heterocycles. The van der Waals surface area contributed by atoms with Crippen molar-refractivity contribution >= 4 is 17.3 Å².